The summed E-state index contributed by atoms with van der Waals surface area (Å²) in [5.41, 5.74) is 0.943. The van der Waals surface area contributed by atoms with Crippen LogP contribution in [0.4, 0.5) is 14.5 Å². The summed E-state index contributed by atoms with van der Waals surface area (Å²) in [4.78, 5) is 23.9. The van der Waals surface area contributed by atoms with Crippen LogP contribution in [0.3, 0.4) is 0 Å². The summed E-state index contributed by atoms with van der Waals surface area (Å²) < 4.78 is 33.0. The molecule has 0 aliphatic carbocycles. The van der Waals surface area contributed by atoms with E-state index in [4.69, 9.17) is 4.74 Å². The smallest absolute Gasteiger partial charge is 0.243 e. The second-order valence-corrected chi connectivity index (χ2v) is 7.28. The number of halogens is 2. The molecule has 8 nitrogen and oxygen atoms in total. The summed E-state index contributed by atoms with van der Waals surface area (Å²) in [5, 5.41) is 13.6. The van der Waals surface area contributed by atoms with Gasteiger partial charge in [0.25, 0.3) is 0 Å². The highest BCUT2D eigenvalue weighted by Crippen LogP contribution is 2.24. The lowest BCUT2D eigenvalue weighted by Gasteiger charge is -2.07. The fourth-order valence-corrected chi connectivity index (χ4v) is 3.31. The predicted octanol–water partition coefficient (Wildman–Crippen LogP) is 2.62. The molecule has 3 rings (SSSR count). The van der Waals surface area contributed by atoms with E-state index >= 15 is 0 Å². The van der Waals surface area contributed by atoms with Gasteiger partial charge in [-0.1, -0.05) is 11.8 Å². The Hall–Kier alpha value is -3.47. The number of nitrogens with zero attached hydrogens (tertiary/aromatic N) is 3. The number of rotatable bonds is 8. The van der Waals surface area contributed by atoms with E-state index in [2.05, 4.69) is 20.8 Å². The maximum Gasteiger partial charge on any atom is 0.243 e. The molecule has 31 heavy (non-hydrogen) atoms. The molecular formula is C20H19F2N5O3S. The van der Waals surface area contributed by atoms with E-state index < -0.39 is 17.5 Å². The first kappa shape index (κ1) is 22.2. The first-order valence-corrected chi connectivity index (χ1v) is 10.0. The van der Waals surface area contributed by atoms with Gasteiger partial charge in [0, 0.05) is 24.4 Å². The molecule has 0 bridgehead atoms. The van der Waals surface area contributed by atoms with Crippen molar-refractivity contribution in [2.45, 2.75) is 5.16 Å². The van der Waals surface area contributed by atoms with Crippen LogP contribution in [0.15, 0.2) is 47.6 Å². The molecule has 11 heteroatoms. The second kappa shape index (κ2) is 10.0. The van der Waals surface area contributed by atoms with Gasteiger partial charge in [0.1, 0.15) is 5.75 Å². The van der Waals surface area contributed by atoms with E-state index in [0.717, 1.165) is 23.4 Å². The summed E-state index contributed by atoms with van der Waals surface area (Å²) >= 11 is 1.17. The molecule has 0 fully saturated rings. The summed E-state index contributed by atoms with van der Waals surface area (Å²) in [6.07, 6.45) is 0. The van der Waals surface area contributed by atoms with Crippen LogP contribution in [0, 0.1) is 11.6 Å². The molecule has 2 aromatic carbocycles. The van der Waals surface area contributed by atoms with Crippen LogP contribution >= 0.6 is 11.8 Å². The number of hydrogen-bond donors (Lipinski definition) is 2. The van der Waals surface area contributed by atoms with Crippen LogP contribution < -0.4 is 15.4 Å². The summed E-state index contributed by atoms with van der Waals surface area (Å²) in [6.45, 7) is -0.311. The van der Waals surface area contributed by atoms with Crippen LogP contribution in [-0.2, 0) is 16.6 Å². The largest absolute Gasteiger partial charge is 0.497 e. The molecule has 0 spiro atoms. The number of benzene rings is 2. The van der Waals surface area contributed by atoms with E-state index in [1.807, 2.05) is 24.3 Å². The van der Waals surface area contributed by atoms with Crippen LogP contribution in [0.1, 0.15) is 0 Å². The minimum atomic E-state index is -1.07. The number of carbonyl (C=O) groups is 2. The minimum absolute atomic E-state index is 0.0209. The number of methoxy groups -OCH3 is 1. The number of anilines is 1. The molecule has 0 saturated heterocycles. The predicted molar refractivity (Wildman–Crippen MR) is 112 cm³/mol. The van der Waals surface area contributed by atoms with Crippen LogP contribution in [0.5, 0.6) is 5.75 Å². The number of hydrogen-bond acceptors (Lipinski definition) is 6. The standard InChI is InChI=1S/C20H19F2N5O3S/c1-27-19(12-3-6-14(30-2)7-4-12)25-26-20(27)31-11-18(29)23-10-17(28)24-13-5-8-15(21)16(22)9-13/h3-9H,10-11H2,1-2H3,(H,23,29)(H,24,28). The van der Waals surface area contributed by atoms with Crippen LogP contribution in [0.2, 0.25) is 0 Å². The van der Waals surface area contributed by atoms with Gasteiger partial charge in [0.15, 0.2) is 22.6 Å². The van der Waals surface area contributed by atoms with Crippen LogP contribution in [0.25, 0.3) is 11.4 Å². The number of nitrogens with one attached hydrogen (secondary N) is 2. The lowest BCUT2D eigenvalue weighted by atomic mass is 10.2. The third-order valence-corrected chi connectivity index (χ3v) is 5.19. The highest BCUT2D eigenvalue weighted by molar-refractivity contribution is 7.99. The van der Waals surface area contributed by atoms with Gasteiger partial charge in [-0.05, 0) is 36.4 Å². The molecule has 0 radical (unpaired) electrons. The fraction of sp³-hybridized carbons (Fsp3) is 0.200. The zero-order chi connectivity index (χ0) is 22.4. The Labute approximate surface area is 181 Å². The molecule has 1 heterocycles. The third-order valence-electron chi connectivity index (χ3n) is 4.16. The van der Waals surface area contributed by atoms with Crippen molar-refractivity contribution in [2.24, 2.45) is 7.05 Å². The molecule has 2 N–H and O–H groups in total. The van der Waals surface area contributed by atoms with Crippen molar-refractivity contribution in [3.05, 3.63) is 54.1 Å². The Balaban J connectivity index is 1.48. The average Bonchev–Trinajstić information content (AvgIpc) is 3.13. The lowest BCUT2D eigenvalue weighted by Crippen LogP contribution is -2.34. The Kier molecular flexibility index (Phi) is 7.19. The molecule has 3 aromatic rings. The molecule has 2 amide bonds. The first-order valence-electron chi connectivity index (χ1n) is 9.05. The Morgan fingerprint density at radius 2 is 1.81 bits per heavy atom. The van der Waals surface area contributed by atoms with Crippen molar-refractivity contribution >= 4 is 29.3 Å². The zero-order valence-electron chi connectivity index (χ0n) is 16.7. The van der Waals surface area contributed by atoms with Crippen LogP contribution in [-0.4, -0.2) is 46.0 Å². The maximum absolute atomic E-state index is 13.2. The first-order chi connectivity index (χ1) is 14.9. The fourth-order valence-electron chi connectivity index (χ4n) is 2.57. The van der Waals surface area contributed by atoms with E-state index in [0.29, 0.717) is 11.0 Å². The molecular weight excluding hydrogens is 428 g/mol. The number of ether oxygens (including phenoxy) is 1. The summed E-state index contributed by atoms with van der Waals surface area (Å²) in [6, 6.07) is 10.3. The van der Waals surface area contributed by atoms with Crippen molar-refractivity contribution in [3.8, 4) is 17.1 Å². The van der Waals surface area contributed by atoms with E-state index in [9.17, 15) is 18.4 Å². The highest BCUT2D eigenvalue weighted by atomic mass is 32.2. The van der Waals surface area contributed by atoms with Gasteiger partial charge in [-0.25, -0.2) is 8.78 Å². The zero-order valence-corrected chi connectivity index (χ0v) is 17.5. The van der Waals surface area contributed by atoms with Gasteiger partial charge in [-0.2, -0.15) is 0 Å². The van der Waals surface area contributed by atoms with Gasteiger partial charge >= 0.3 is 0 Å². The van der Waals surface area contributed by atoms with Gasteiger partial charge in [0.05, 0.1) is 19.4 Å². The van der Waals surface area contributed by atoms with Crippen molar-refractivity contribution in [2.75, 3.05) is 24.7 Å². The topological polar surface area (TPSA) is 98.1 Å². The Morgan fingerprint density at radius 3 is 2.48 bits per heavy atom. The van der Waals surface area contributed by atoms with Gasteiger partial charge in [-0.3, -0.25) is 9.59 Å². The van der Waals surface area contributed by atoms with E-state index in [1.54, 1.807) is 18.7 Å². The van der Waals surface area contributed by atoms with Crippen molar-refractivity contribution in [1.29, 1.82) is 0 Å². The molecule has 0 atom stereocenters. The van der Waals surface area contributed by atoms with Gasteiger partial charge in [0.2, 0.25) is 11.8 Å². The number of carbonyl (C=O) groups excluding carboxylic acids is 2. The Morgan fingerprint density at radius 1 is 1.06 bits per heavy atom. The van der Waals surface area contributed by atoms with Gasteiger partial charge < -0.3 is 19.9 Å². The quantitative estimate of drug-likeness (QED) is 0.515. The molecule has 162 valence electrons. The maximum atomic E-state index is 13.2. The molecule has 0 unspecified atom stereocenters. The summed E-state index contributed by atoms with van der Waals surface area (Å²) in [5.74, 6) is -1.66. The number of aromatic nitrogens is 3. The van der Waals surface area contributed by atoms with Gasteiger partial charge in [-0.15, -0.1) is 10.2 Å². The minimum Gasteiger partial charge on any atom is -0.497 e. The Bertz CT molecular complexity index is 1090. The van der Waals surface area contributed by atoms with E-state index in [1.165, 1.54) is 17.8 Å². The molecule has 0 aliphatic heterocycles. The molecule has 0 aliphatic rings. The van der Waals surface area contributed by atoms with Crippen molar-refractivity contribution in [1.82, 2.24) is 20.1 Å². The van der Waals surface area contributed by atoms with E-state index in [-0.39, 0.29) is 23.9 Å². The highest BCUT2D eigenvalue weighted by Gasteiger charge is 2.14. The second-order valence-electron chi connectivity index (χ2n) is 6.34. The monoisotopic (exact) mass is 447 g/mol. The third kappa shape index (κ3) is 5.79. The number of amides is 2. The van der Waals surface area contributed by atoms with Crippen molar-refractivity contribution in [3.63, 3.8) is 0 Å². The lowest BCUT2D eigenvalue weighted by molar-refractivity contribution is -0.122. The number of thioether (sulfide) groups is 1. The summed E-state index contributed by atoms with van der Waals surface area (Å²) in [7, 11) is 3.37. The molecule has 0 saturated carbocycles. The molecule has 1 aromatic heterocycles. The normalized spacial score (nSPS) is 10.6. The van der Waals surface area contributed by atoms with Crippen molar-refractivity contribution < 1.29 is 23.1 Å². The SMILES string of the molecule is COc1ccc(-c2nnc(SCC(=O)NCC(=O)Nc3ccc(F)c(F)c3)n2C)cc1. The average molecular weight is 447 g/mol.